The Morgan fingerprint density at radius 1 is 1.40 bits per heavy atom. The van der Waals surface area contributed by atoms with Crippen LogP contribution in [0.5, 0.6) is 0 Å². The van der Waals surface area contributed by atoms with Crippen LogP contribution in [0.15, 0.2) is 0 Å². The molecule has 0 saturated carbocycles. The molecule has 0 aromatic heterocycles. The molecule has 0 amide bonds. The molecule has 1 N–H and O–H groups in total. The first-order chi connectivity index (χ1) is 7.34. The lowest BCUT2D eigenvalue weighted by molar-refractivity contribution is 0.293. The zero-order valence-corrected chi connectivity index (χ0v) is 10.7. The predicted molar refractivity (Wildman–Crippen MR) is 68.6 cm³/mol. The summed E-state index contributed by atoms with van der Waals surface area (Å²) in [5.74, 6) is 3.70. The predicted octanol–water partition coefficient (Wildman–Crippen LogP) is 1.81. The number of nitrogens with one attached hydrogen (secondary N) is 1. The Morgan fingerprint density at radius 2 is 2.20 bits per heavy atom. The van der Waals surface area contributed by atoms with E-state index in [4.69, 9.17) is 0 Å². The number of hydrogen-bond acceptors (Lipinski definition) is 3. The van der Waals surface area contributed by atoms with Crippen LogP contribution in [0.3, 0.4) is 0 Å². The van der Waals surface area contributed by atoms with Gasteiger partial charge in [-0.2, -0.15) is 11.8 Å². The number of thioether (sulfide) groups is 1. The second kappa shape index (κ2) is 6.12. The van der Waals surface area contributed by atoms with Crippen molar-refractivity contribution in [1.82, 2.24) is 10.2 Å². The summed E-state index contributed by atoms with van der Waals surface area (Å²) in [6.07, 6.45) is 4.24. The van der Waals surface area contributed by atoms with Crippen molar-refractivity contribution in [2.75, 3.05) is 37.7 Å². The number of hydrogen-bond donors (Lipinski definition) is 1. The minimum absolute atomic E-state index is 0.675. The van der Waals surface area contributed by atoms with Crippen molar-refractivity contribution in [2.45, 2.75) is 32.2 Å². The highest BCUT2D eigenvalue weighted by atomic mass is 32.2. The molecule has 0 bridgehead atoms. The fourth-order valence-corrected chi connectivity index (χ4v) is 3.81. The van der Waals surface area contributed by atoms with E-state index in [1.807, 2.05) is 0 Å². The molecule has 0 aliphatic carbocycles. The molecular formula is C12H24N2S. The fraction of sp³-hybridized carbons (Fsp3) is 1.00. The van der Waals surface area contributed by atoms with E-state index in [0.717, 1.165) is 5.92 Å². The van der Waals surface area contributed by atoms with Crippen molar-refractivity contribution < 1.29 is 0 Å². The highest BCUT2D eigenvalue weighted by molar-refractivity contribution is 7.99. The summed E-state index contributed by atoms with van der Waals surface area (Å²) in [6, 6.07) is 0.675. The molecule has 2 saturated heterocycles. The maximum Gasteiger partial charge on any atom is 0.0166 e. The molecule has 15 heavy (non-hydrogen) atoms. The van der Waals surface area contributed by atoms with Crippen molar-refractivity contribution in [2.24, 2.45) is 5.92 Å². The first kappa shape index (κ1) is 11.7. The smallest absolute Gasteiger partial charge is 0.0166 e. The second-order valence-corrected chi connectivity index (χ2v) is 6.20. The monoisotopic (exact) mass is 228 g/mol. The van der Waals surface area contributed by atoms with Gasteiger partial charge in [-0.05, 0) is 63.2 Å². The lowest BCUT2D eigenvalue weighted by Crippen LogP contribution is -2.40. The standard InChI is InChI=1S/C12H24N2S/c1-11(9-14-5-2-3-6-14)13-8-12-4-7-15-10-12/h11-13H,2-10H2,1H3. The molecule has 0 spiro atoms. The Balaban J connectivity index is 1.57. The first-order valence-corrected chi connectivity index (χ1v) is 7.53. The summed E-state index contributed by atoms with van der Waals surface area (Å²) in [6.45, 7) is 7.47. The van der Waals surface area contributed by atoms with Crippen molar-refractivity contribution in [1.29, 1.82) is 0 Å². The molecule has 2 nitrogen and oxygen atoms in total. The molecular weight excluding hydrogens is 204 g/mol. The molecule has 2 aliphatic heterocycles. The van der Waals surface area contributed by atoms with Gasteiger partial charge in [0.1, 0.15) is 0 Å². The quantitative estimate of drug-likeness (QED) is 0.773. The van der Waals surface area contributed by atoms with Crippen LogP contribution in [0.1, 0.15) is 26.2 Å². The summed E-state index contributed by atoms with van der Waals surface area (Å²) in [5, 5.41) is 3.70. The molecule has 0 aromatic rings. The van der Waals surface area contributed by atoms with Gasteiger partial charge in [0.05, 0.1) is 0 Å². The van der Waals surface area contributed by atoms with Gasteiger partial charge in [0, 0.05) is 12.6 Å². The van der Waals surface area contributed by atoms with Gasteiger partial charge in [-0.15, -0.1) is 0 Å². The summed E-state index contributed by atoms with van der Waals surface area (Å²) in [4.78, 5) is 2.60. The van der Waals surface area contributed by atoms with Crippen molar-refractivity contribution in [3.63, 3.8) is 0 Å². The minimum Gasteiger partial charge on any atom is -0.313 e. The van der Waals surface area contributed by atoms with Crippen molar-refractivity contribution in [3.05, 3.63) is 0 Å². The number of nitrogens with zero attached hydrogens (tertiary/aromatic N) is 1. The summed E-state index contributed by atoms with van der Waals surface area (Å²) in [5.41, 5.74) is 0. The molecule has 3 heteroatoms. The lowest BCUT2D eigenvalue weighted by atomic mass is 10.1. The van der Waals surface area contributed by atoms with Gasteiger partial charge in [-0.25, -0.2) is 0 Å². The van der Waals surface area contributed by atoms with Gasteiger partial charge in [0.2, 0.25) is 0 Å². The third-order valence-electron chi connectivity index (χ3n) is 3.51. The Hall–Kier alpha value is 0.270. The highest BCUT2D eigenvalue weighted by Gasteiger charge is 2.18. The Kier molecular flexibility index (Phi) is 4.79. The zero-order valence-electron chi connectivity index (χ0n) is 9.87. The molecule has 2 unspecified atom stereocenters. The van der Waals surface area contributed by atoms with Crippen LogP contribution < -0.4 is 5.32 Å². The third-order valence-corrected chi connectivity index (χ3v) is 4.74. The van der Waals surface area contributed by atoms with E-state index in [1.165, 1.54) is 56.9 Å². The van der Waals surface area contributed by atoms with Gasteiger partial charge in [-0.3, -0.25) is 0 Å². The topological polar surface area (TPSA) is 15.3 Å². The maximum atomic E-state index is 3.70. The molecule has 88 valence electrons. The van der Waals surface area contributed by atoms with E-state index in [2.05, 4.69) is 28.9 Å². The number of rotatable bonds is 5. The highest BCUT2D eigenvalue weighted by Crippen LogP contribution is 2.22. The molecule has 2 aliphatic rings. The summed E-state index contributed by atoms with van der Waals surface area (Å²) >= 11 is 2.12. The van der Waals surface area contributed by atoms with Crippen LogP contribution >= 0.6 is 11.8 Å². The van der Waals surface area contributed by atoms with Crippen LogP contribution in [0, 0.1) is 5.92 Å². The molecule has 0 radical (unpaired) electrons. The van der Waals surface area contributed by atoms with Crippen LogP contribution in [-0.2, 0) is 0 Å². The third kappa shape index (κ3) is 3.97. The lowest BCUT2D eigenvalue weighted by Gasteiger charge is -2.22. The van der Waals surface area contributed by atoms with Crippen LogP contribution in [0.2, 0.25) is 0 Å². The largest absolute Gasteiger partial charge is 0.313 e. The van der Waals surface area contributed by atoms with Crippen molar-refractivity contribution in [3.8, 4) is 0 Å². The van der Waals surface area contributed by atoms with Crippen LogP contribution in [-0.4, -0.2) is 48.6 Å². The van der Waals surface area contributed by atoms with Gasteiger partial charge >= 0.3 is 0 Å². The normalized spacial score (nSPS) is 29.8. The molecule has 2 rings (SSSR count). The maximum absolute atomic E-state index is 3.70. The van der Waals surface area contributed by atoms with E-state index in [1.54, 1.807) is 0 Å². The van der Waals surface area contributed by atoms with Gasteiger partial charge < -0.3 is 10.2 Å². The minimum atomic E-state index is 0.675. The van der Waals surface area contributed by atoms with E-state index in [9.17, 15) is 0 Å². The first-order valence-electron chi connectivity index (χ1n) is 6.38. The van der Waals surface area contributed by atoms with Gasteiger partial charge in [0.25, 0.3) is 0 Å². The fourth-order valence-electron chi connectivity index (χ4n) is 2.53. The Labute approximate surface area is 98.2 Å². The zero-order chi connectivity index (χ0) is 10.5. The van der Waals surface area contributed by atoms with Crippen LogP contribution in [0.25, 0.3) is 0 Å². The average molecular weight is 228 g/mol. The SMILES string of the molecule is CC(CN1CCCC1)NCC1CCSC1. The van der Waals surface area contributed by atoms with E-state index in [0.29, 0.717) is 6.04 Å². The molecule has 2 heterocycles. The van der Waals surface area contributed by atoms with E-state index < -0.39 is 0 Å². The Bertz CT molecular complexity index is 174. The molecule has 2 atom stereocenters. The number of likely N-dealkylation sites (tertiary alicyclic amines) is 1. The molecule has 2 fully saturated rings. The van der Waals surface area contributed by atoms with Gasteiger partial charge in [0.15, 0.2) is 0 Å². The summed E-state index contributed by atoms with van der Waals surface area (Å²) < 4.78 is 0. The second-order valence-electron chi connectivity index (χ2n) is 5.05. The van der Waals surface area contributed by atoms with E-state index in [-0.39, 0.29) is 0 Å². The molecule has 0 aromatic carbocycles. The Morgan fingerprint density at radius 3 is 2.87 bits per heavy atom. The summed E-state index contributed by atoms with van der Waals surface area (Å²) in [7, 11) is 0. The van der Waals surface area contributed by atoms with Crippen molar-refractivity contribution >= 4 is 11.8 Å². The average Bonchev–Trinajstić information content (AvgIpc) is 2.86. The van der Waals surface area contributed by atoms with E-state index >= 15 is 0 Å². The van der Waals surface area contributed by atoms with Gasteiger partial charge in [-0.1, -0.05) is 0 Å². The van der Waals surface area contributed by atoms with Crippen LogP contribution in [0.4, 0.5) is 0 Å².